The summed E-state index contributed by atoms with van der Waals surface area (Å²) < 4.78 is 93.5. The van der Waals surface area contributed by atoms with E-state index in [1.54, 1.807) is 0 Å². The molecule has 10 atom stereocenters. The summed E-state index contributed by atoms with van der Waals surface area (Å²) in [4.78, 5) is 0. The van der Waals surface area contributed by atoms with Gasteiger partial charge in [0, 0.05) is 13.0 Å². The molecule has 0 aromatic heterocycles. The number of aliphatic hydroxyl groups excluding tert-OH is 4. The summed E-state index contributed by atoms with van der Waals surface area (Å²) in [6.45, 7) is -0.463. The maximum Gasteiger partial charge on any atom is 1.00 e. The summed E-state index contributed by atoms with van der Waals surface area (Å²) in [5.74, 6) is -0.938. The van der Waals surface area contributed by atoms with E-state index in [4.69, 9.17) is 18.9 Å². The van der Waals surface area contributed by atoms with Crippen molar-refractivity contribution in [3.05, 3.63) is 0 Å². The van der Waals surface area contributed by atoms with Gasteiger partial charge in [-0.1, -0.05) is 6.92 Å². The summed E-state index contributed by atoms with van der Waals surface area (Å²) in [7, 11) is -9.19. The molecule has 0 radical (unpaired) electrons. The molecular formula is C14H24Na2O16S2. The molecule has 0 aliphatic carbocycles. The van der Waals surface area contributed by atoms with Crippen LogP contribution in [-0.2, 0) is 48.1 Å². The smallest absolute Gasteiger partial charge is 0.726 e. The molecule has 0 amide bonds. The van der Waals surface area contributed by atoms with Gasteiger partial charge in [0.25, 0.3) is 0 Å². The Morgan fingerprint density at radius 1 is 0.765 bits per heavy atom. The normalized spacial score (nSPS) is 39.1. The third kappa shape index (κ3) is 9.95. The Morgan fingerprint density at radius 2 is 1.21 bits per heavy atom. The van der Waals surface area contributed by atoms with Gasteiger partial charge in [-0.25, -0.2) is 16.8 Å². The van der Waals surface area contributed by atoms with Crippen molar-refractivity contribution in [1.82, 2.24) is 0 Å². The largest absolute Gasteiger partial charge is 1.00 e. The molecule has 0 saturated carbocycles. The van der Waals surface area contributed by atoms with Gasteiger partial charge in [0.05, 0.1) is 25.4 Å². The van der Waals surface area contributed by atoms with E-state index in [2.05, 4.69) is 8.37 Å². The molecular weight excluding hydrogens is 534 g/mol. The summed E-state index contributed by atoms with van der Waals surface area (Å²) >= 11 is 0. The first kappa shape index (κ1) is 35.4. The topological polar surface area (TPSA) is 251 Å². The van der Waals surface area contributed by atoms with E-state index in [9.17, 15) is 46.4 Å². The van der Waals surface area contributed by atoms with Gasteiger partial charge in [0.15, 0.2) is 12.6 Å². The van der Waals surface area contributed by atoms with Gasteiger partial charge in [0.2, 0.25) is 20.8 Å². The van der Waals surface area contributed by atoms with Gasteiger partial charge < -0.3 is 48.5 Å². The van der Waals surface area contributed by atoms with Crippen LogP contribution >= 0.6 is 0 Å². The Hall–Kier alpha value is 1.42. The van der Waals surface area contributed by atoms with Crippen LogP contribution in [0.3, 0.4) is 0 Å². The third-order valence-corrected chi connectivity index (χ3v) is 5.83. The van der Waals surface area contributed by atoms with Gasteiger partial charge in [0.1, 0.15) is 30.5 Å². The van der Waals surface area contributed by atoms with Crippen molar-refractivity contribution in [2.45, 2.75) is 62.2 Å². The Kier molecular flexibility index (Phi) is 15.1. The predicted molar refractivity (Wildman–Crippen MR) is 93.7 cm³/mol. The van der Waals surface area contributed by atoms with Crippen LogP contribution in [0.25, 0.3) is 0 Å². The van der Waals surface area contributed by atoms with E-state index in [-0.39, 0.29) is 59.1 Å². The quantitative estimate of drug-likeness (QED) is 0.116. The Morgan fingerprint density at radius 3 is 1.68 bits per heavy atom. The fraction of sp³-hybridized carbons (Fsp3) is 1.00. The molecule has 2 rings (SSSR count). The summed E-state index contributed by atoms with van der Waals surface area (Å²) in [5, 5.41) is 41.0. The fourth-order valence-corrected chi connectivity index (χ4v) is 3.83. The minimum atomic E-state index is -5.19. The van der Waals surface area contributed by atoms with Crippen LogP contribution in [0.1, 0.15) is 6.92 Å². The predicted octanol–water partition coefficient (Wildman–Crippen LogP) is -10.5. The first-order chi connectivity index (χ1) is 14.6. The van der Waals surface area contributed by atoms with Crippen LogP contribution in [0.15, 0.2) is 0 Å². The number of ether oxygens (including phenoxy) is 4. The molecule has 0 aromatic rings. The minimum Gasteiger partial charge on any atom is -0.726 e. The molecule has 0 aromatic carbocycles. The zero-order chi connectivity index (χ0) is 24.4. The van der Waals surface area contributed by atoms with E-state index in [1.807, 2.05) is 0 Å². The van der Waals surface area contributed by atoms with Gasteiger partial charge in [-0.3, -0.25) is 8.37 Å². The molecule has 2 saturated heterocycles. The summed E-state index contributed by atoms with van der Waals surface area (Å²) in [5.41, 5.74) is 0. The molecule has 34 heavy (non-hydrogen) atoms. The van der Waals surface area contributed by atoms with Crippen LogP contribution < -0.4 is 59.1 Å². The van der Waals surface area contributed by atoms with Gasteiger partial charge in [-0.05, 0) is 0 Å². The number of hydrogen-bond donors (Lipinski definition) is 4. The van der Waals surface area contributed by atoms with Crippen molar-refractivity contribution in [3.8, 4) is 0 Å². The number of rotatable bonds is 9. The van der Waals surface area contributed by atoms with Gasteiger partial charge >= 0.3 is 59.1 Å². The van der Waals surface area contributed by atoms with Crippen LogP contribution in [0.5, 0.6) is 0 Å². The first-order valence-corrected chi connectivity index (χ1v) is 11.7. The molecule has 0 spiro atoms. The molecule has 16 nitrogen and oxygen atoms in total. The van der Waals surface area contributed by atoms with Crippen LogP contribution in [-0.4, -0.2) is 122 Å². The third-order valence-electron chi connectivity index (χ3n) is 4.98. The first-order valence-electron chi connectivity index (χ1n) is 9.06. The fourth-order valence-electron chi connectivity index (χ4n) is 3.23. The molecule has 2 heterocycles. The second-order valence-corrected chi connectivity index (χ2v) is 9.23. The summed E-state index contributed by atoms with van der Waals surface area (Å²) in [6, 6.07) is 0. The maximum atomic E-state index is 10.8. The van der Waals surface area contributed by atoms with Crippen LogP contribution in [0, 0.1) is 5.92 Å². The average molecular weight is 558 g/mol. The van der Waals surface area contributed by atoms with Crippen molar-refractivity contribution in [2.75, 3.05) is 20.3 Å². The van der Waals surface area contributed by atoms with E-state index in [0.29, 0.717) is 0 Å². The second-order valence-electron chi connectivity index (χ2n) is 7.13. The number of aliphatic hydroxyl groups is 4. The zero-order valence-electron chi connectivity index (χ0n) is 18.7. The molecule has 4 N–H and O–H groups in total. The molecule has 2 aliphatic rings. The minimum absolute atomic E-state index is 0. The average Bonchev–Trinajstić information content (AvgIpc) is 2.68. The van der Waals surface area contributed by atoms with E-state index < -0.39 is 95.2 Å². The molecule has 20 heteroatoms. The maximum absolute atomic E-state index is 10.8. The van der Waals surface area contributed by atoms with Gasteiger partial charge in [-0.2, -0.15) is 0 Å². The Labute approximate surface area is 240 Å². The summed E-state index contributed by atoms with van der Waals surface area (Å²) in [6.07, 6.45) is -14.7. The number of methoxy groups -OCH3 is 1. The van der Waals surface area contributed by atoms with E-state index >= 15 is 0 Å². The molecule has 0 bridgehead atoms. The molecule has 4 unspecified atom stereocenters. The van der Waals surface area contributed by atoms with Crippen molar-refractivity contribution in [3.63, 3.8) is 0 Å². The van der Waals surface area contributed by atoms with Crippen LogP contribution in [0.2, 0.25) is 0 Å². The van der Waals surface area contributed by atoms with Gasteiger partial charge in [-0.15, -0.1) is 0 Å². The second kappa shape index (κ2) is 14.5. The van der Waals surface area contributed by atoms with E-state index in [1.165, 1.54) is 6.92 Å². The van der Waals surface area contributed by atoms with Crippen molar-refractivity contribution in [1.29, 1.82) is 0 Å². The zero-order valence-corrected chi connectivity index (χ0v) is 24.3. The van der Waals surface area contributed by atoms with Crippen molar-refractivity contribution >= 4 is 20.8 Å². The standard InChI is InChI=1S/C14H26O16S2.2Na/c1-5-6(3-26-31(19,20)21)28-14(10(17)8(5)15)30-12-7(4-27-32(22,23)24)29-13(25-2)11(18)9(12)16;;/h5-18H,3-4H2,1-2H3,(H,19,20,21)(H,22,23,24);;/q;2*+1/p-2/t5-,6?,7+,8+,9?,10?,11?,12-,13-,14+;;/m1../s1. The molecule has 2 fully saturated rings. The molecule has 190 valence electrons. The molecule has 2 aliphatic heterocycles. The number of hydrogen-bond acceptors (Lipinski definition) is 16. The SMILES string of the molecule is CO[C@@H]1O[C@@H](COS(=O)(=O)[O-])[C@@H](O[C@@H]2OC(COS(=O)(=O)[O-])[C@@H](C)[C@H](O)C2O)C(O)C1O.[Na+].[Na+]. The Bertz CT molecular complexity index is 828. The Balaban J connectivity index is 0.00000544. The monoisotopic (exact) mass is 558 g/mol. The van der Waals surface area contributed by atoms with E-state index in [0.717, 1.165) is 7.11 Å². The van der Waals surface area contributed by atoms with Crippen molar-refractivity contribution < 1.29 is 133 Å². The van der Waals surface area contributed by atoms with Crippen LogP contribution in [0.4, 0.5) is 0 Å². The van der Waals surface area contributed by atoms with Crippen molar-refractivity contribution in [2.24, 2.45) is 5.92 Å².